The minimum Gasteiger partial charge on any atom is -0.490 e. The van der Waals surface area contributed by atoms with E-state index in [4.69, 9.17) is 4.74 Å². The van der Waals surface area contributed by atoms with Crippen LogP contribution in [0.4, 0.5) is 5.95 Å². The molecule has 1 unspecified atom stereocenters. The highest BCUT2D eigenvalue weighted by molar-refractivity contribution is 5.62. The second-order valence-corrected chi connectivity index (χ2v) is 6.65. The number of aromatic nitrogens is 4. The number of hydrogen-bond donors (Lipinski definition) is 2. The first-order valence-electron chi connectivity index (χ1n) is 8.79. The Hall–Kier alpha value is -2.67. The van der Waals surface area contributed by atoms with Gasteiger partial charge in [-0.25, -0.2) is 15.0 Å². The quantitative estimate of drug-likeness (QED) is 0.743. The van der Waals surface area contributed by atoms with Gasteiger partial charge < -0.3 is 15.4 Å². The van der Waals surface area contributed by atoms with Crippen LogP contribution in [-0.2, 0) is 0 Å². The Morgan fingerprint density at radius 2 is 2.16 bits per heavy atom. The van der Waals surface area contributed by atoms with E-state index in [1.165, 1.54) is 0 Å². The van der Waals surface area contributed by atoms with Gasteiger partial charge in [-0.1, -0.05) is 0 Å². The molecule has 7 nitrogen and oxygen atoms in total. The Kier molecular flexibility index (Phi) is 3.52. The minimum atomic E-state index is 0.387. The number of rotatable bonds is 5. The normalized spacial score (nSPS) is 20.1. The number of nitrogens with one attached hydrogen (secondary N) is 2. The third-order valence-corrected chi connectivity index (χ3v) is 4.62. The van der Waals surface area contributed by atoms with Gasteiger partial charge >= 0.3 is 0 Å². The highest BCUT2D eigenvalue weighted by Crippen LogP contribution is 2.28. The first kappa shape index (κ1) is 14.7. The molecule has 0 radical (unpaired) electrons. The molecule has 128 valence electrons. The molecule has 2 fully saturated rings. The van der Waals surface area contributed by atoms with Crippen LogP contribution in [0.15, 0.2) is 36.8 Å². The fourth-order valence-corrected chi connectivity index (χ4v) is 3.13. The van der Waals surface area contributed by atoms with Gasteiger partial charge in [0.15, 0.2) is 0 Å². The molecule has 25 heavy (non-hydrogen) atoms. The van der Waals surface area contributed by atoms with E-state index in [0.29, 0.717) is 18.1 Å². The highest BCUT2D eigenvalue weighted by Gasteiger charge is 2.23. The van der Waals surface area contributed by atoms with Crippen molar-refractivity contribution in [1.29, 1.82) is 0 Å². The van der Waals surface area contributed by atoms with Crippen LogP contribution in [0.5, 0.6) is 5.75 Å². The Bertz CT molecular complexity index is 897. The first-order chi connectivity index (χ1) is 12.3. The SMILES string of the molecule is c1cc(-c2cnc3cc(OC4CC4)ccn23)nc(NC2CCNC2)n1. The molecular formula is C18H20N6O. The summed E-state index contributed by atoms with van der Waals surface area (Å²) in [5.74, 6) is 1.54. The maximum absolute atomic E-state index is 5.85. The van der Waals surface area contributed by atoms with Gasteiger partial charge in [0.2, 0.25) is 5.95 Å². The fraction of sp³-hybridized carbons (Fsp3) is 0.389. The van der Waals surface area contributed by atoms with Crippen LogP contribution >= 0.6 is 0 Å². The van der Waals surface area contributed by atoms with Crippen molar-refractivity contribution >= 4 is 11.6 Å². The molecule has 2 N–H and O–H groups in total. The predicted molar refractivity (Wildman–Crippen MR) is 94.8 cm³/mol. The molecule has 1 saturated carbocycles. The molecule has 5 rings (SSSR count). The zero-order chi connectivity index (χ0) is 16.6. The number of fused-ring (bicyclic) bond motifs is 1. The smallest absolute Gasteiger partial charge is 0.223 e. The highest BCUT2D eigenvalue weighted by atomic mass is 16.5. The molecule has 1 saturated heterocycles. The monoisotopic (exact) mass is 336 g/mol. The average Bonchev–Trinajstić information content (AvgIpc) is 3.12. The van der Waals surface area contributed by atoms with Crippen molar-refractivity contribution < 1.29 is 4.74 Å². The molecule has 0 aromatic carbocycles. The van der Waals surface area contributed by atoms with Gasteiger partial charge in [0.25, 0.3) is 0 Å². The Morgan fingerprint density at radius 3 is 3.00 bits per heavy atom. The van der Waals surface area contributed by atoms with Crippen LogP contribution in [0.1, 0.15) is 19.3 Å². The lowest BCUT2D eigenvalue weighted by Crippen LogP contribution is -2.23. The average molecular weight is 336 g/mol. The summed E-state index contributed by atoms with van der Waals surface area (Å²) in [4.78, 5) is 13.5. The summed E-state index contributed by atoms with van der Waals surface area (Å²) in [5, 5.41) is 6.73. The molecule has 3 aromatic rings. The minimum absolute atomic E-state index is 0.387. The summed E-state index contributed by atoms with van der Waals surface area (Å²) in [5.41, 5.74) is 2.66. The van der Waals surface area contributed by atoms with Gasteiger partial charge in [-0.15, -0.1) is 0 Å². The van der Waals surface area contributed by atoms with Crippen molar-refractivity contribution in [3.8, 4) is 17.1 Å². The first-order valence-corrected chi connectivity index (χ1v) is 8.79. The molecular weight excluding hydrogens is 316 g/mol. The third-order valence-electron chi connectivity index (χ3n) is 4.62. The summed E-state index contributed by atoms with van der Waals surface area (Å²) < 4.78 is 7.88. The number of ether oxygens (including phenoxy) is 1. The summed E-state index contributed by atoms with van der Waals surface area (Å²) in [6.07, 6.45) is 9.41. The van der Waals surface area contributed by atoms with Crippen LogP contribution < -0.4 is 15.4 Å². The summed E-state index contributed by atoms with van der Waals surface area (Å²) in [6, 6.07) is 6.27. The van der Waals surface area contributed by atoms with E-state index < -0.39 is 0 Å². The molecule has 1 atom stereocenters. The lowest BCUT2D eigenvalue weighted by molar-refractivity contribution is 0.303. The summed E-state index contributed by atoms with van der Waals surface area (Å²) in [6.45, 7) is 1.99. The predicted octanol–water partition coefficient (Wildman–Crippen LogP) is 2.11. The number of nitrogens with zero attached hydrogens (tertiary/aromatic N) is 4. The third kappa shape index (κ3) is 3.02. The zero-order valence-corrected chi connectivity index (χ0v) is 13.9. The molecule has 7 heteroatoms. The van der Waals surface area contributed by atoms with E-state index in [0.717, 1.165) is 55.1 Å². The van der Waals surface area contributed by atoms with Crippen LogP contribution in [0.25, 0.3) is 17.0 Å². The van der Waals surface area contributed by atoms with Gasteiger partial charge in [-0.3, -0.25) is 4.40 Å². The van der Waals surface area contributed by atoms with E-state index in [1.54, 1.807) is 6.20 Å². The lowest BCUT2D eigenvalue weighted by Gasteiger charge is -2.11. The number of imidazole rings is 1. The van der Waals surface area contributed by atoms with E-state index in [-0.39, 0.29) is 0 Å². The molecule has 4 heterocycles. The van der Waals surface area contributed by atoms with E-state index in [1.807, 2.05) is 35.0 Å². The Balaban J connectivity index is 1.43. The molecule has 3 aromatic heterocycles. The van der Waals surface area contributed by atoms with Crippen LogP contribution in [0, 0.1) is 0 Å². The number of anilines is 1. The van der Waals surface area contributed by atoms with Crippen molar-refractivity contribution in [2.24, 2.45) is 0 Å². The molecule has 0 spiro atoms. The van der Waals surface area contributed by atoms with Crippen LogP contribution in [0.3, 0.4) is 0 Å². The van der Waals surface area contributed by atoms with E-state index in [2.05, 4.69) is 25.6 Å². The van der Waals surface area contributed by atoms with Gasteiger partial charge in [-0.2, -0.15) is 0 Å². The van der Waals surface area contributed by atoms with Crippen molar-refractivity contribution in [3.05, 3.63) is 36.8 Å². The van der Waals surface area contributed by atoms with Gasteiger partial charge in [0, 0.05) is 31.0 Å². The van der Waals surface area contributed by atoms with Crippen molar-refractivity contribution in [2.75, 3.05) is 18.4 Å². The number of pyridine rings is 1. The zero-order valence-electron chi connectivity index (χ0n) is 13.9. The lowest BCUT2D eigenvalue weighted by atomic mass is 10.3. The van der Waals surface area contributed by atoms with Crippen molar-refractivity contribution in [2.45, 2.75) is 31.4 Å². The van der Waals surface area contributed by atoms with Gasteiger partial charge in [0.1, 0.15) is 11.4 Å². The van der Waals surface area contributed by atoms with Gasteiger partial charge in [0.05, 0.1) is 23.7 Å². The van der Waals surface area contributed by atoms with Crippen LogP contribution in [-0.4, -0.2) is 44.6 Å². The molecule has 1 aliphatic heterocycles. The topological polar surface area (TPSA) is 76.4 Å². The van der Waals surface area contributed by atoms with Crippen LogP contribution in [0.2, 0.25) is 0 Å². The second kappa shape index (κ2) is 6.00. The Morgan fingerprint density at radius 1 is 1.20 bits per heavy atom. The van der Waals surface area contributed by atoms with Gasteiger partial charge in [-0.05, 0) is 37.9 Å². The second-order valence-electron chi connectivity index (χ2n) is 6.65. The standard InChI is InChI=1S/C18H20N6O/c1-2-13(1)25-14-5-8-24-16(11-21-17(24)9-14)15-4-7-20-18(23-15)22-12-3-6-19-10-12/h4-5,7-9,11-13,19H,1-3,6,10H2,(H,20,22,23). The maximum atomic E-state index is 5.85. The van der Waals surface area contributed by atoms with Crippen molar-refractivity contribution in [1.82, 2.24) is 24.7 Å². The number of hydrogen-bond acceptors (Lipinski definition) is 6. The van der Waals surface area contributed by atoms with Crippen molar-refractivity contribution in [3.63, 3.8) is 0 Å². The summed E-state index contributed by atoms with van der Waals surface area (Å²) >= 11 is 0. The van der Waals surface area contributed by atoms with E-state index >= 15 is 0 Å². The summed E-state index contributed by atoms with van der Waals surface area (Å²) in [7, 11) is 0. The molecule has 0 amide bonds. The largest absolute Gasteiger partial charge is 0.490 e. The fourth-order valence-electron chi connectivity index (χ4n) is 3.13. The Labute approximate surface area is 145 Å². The molecule has 1 aliphatic carbocycles. The molecule has 2 aliphatic rings. The maximum Gasteiger partial charge on any atom is 0.223 e. The molecule has 0 bridgehead atoms. The van der Waals surface area contributed by atoms with E-state index in [9.17, 15) is 0 Å².